The second-order valence-corrected chi connectivity index (χ2v) is 6.41. The van der Waals surface area contributed by atoms with Crippen molar-refractivity contribution in [1.82, 2.24) is 15.0 Å². The molecule has 3 aromatic rings. The zero-order chi connectivity index (χ0) is 13.4. The van der Waals surface area contributed by atoms with Gasteiger partial charge in [-0.05, 0) is 25.3 Å². The highest BCUT2D eigenvalue weighted by molar-refractivity contribution is 7.16. The topological polar surface area (TPSA) is 76.7 Å². The van der Waals surface area contributed by atoms with Crippen LogP contribution in [0.2, 0.25) is 0 Å². The molecular weight excluding hydrogens is 278 g/mol. The van der Waals surface area contributed by atoms with E-state index >= 15 is 0 Å². The normalized spacial score (nSPS) is 12.7. The molecular formula is C12H13N5S2. The maximum Gasteiger partial charge on any atom is 0.223 e. The lowest BCUT2D eigenvalue weighted by atomic mass is 10.3. The van der Waals surface area contributed by atoms with E-state index in [-0.39, 0.29) is 6.04 Å². The van der Waals surface area contributed by atoms with Crippen molar-refractivity contribution in [3.8, 4) is 0 Å². The number of thiophene rings is 1. The monoisotopic (exact) mass is 291 g/mol. The first kappa shape index (κ1) is 12.3. The molecule has 0 saturated carbocycles. The maximum atomic E-state index is 5.73. The number of nitrogen functional groups attached to an aromatic ring is 1. The molecule has 0 saturated heterocycles. The Morgan fingerprint density at radius 2 is 2.21 bits per heavy atom. The van der Waals surface area contributed by atoms with Gasteiger partial charge >= 0.3 is 0 Å². The summed E-state index contributed by atoms with van der Waals surface area (Å²) in [7, 11) is 0. The highest BCUT2D eigenvalue weighted by Gasteiger charge is 2.13. The first-order chi connectivity index (χ1) is 9.13. The summed E-state index contributed by atoms with van der Waals surface area (Å²) in [6.07, 6.45) is 1.88. The minimum atomic E-state index is 0.0936. The van der Waals surface area contributed by atoms with E-state index in [1.54, 1.807) is 22.7 Å². The van der Waals surface area contributed by atoms with Crippen LogP contribution in [0, 0.1) is 6.92 Å². The predicted octanol–water partition coefficient (Wildman–Crippen LogP) is 3.21. The molecule has 19 heavy (non-hydrogen) atoms. The van der Waals surface area contributed by atoms with E-state index in [2.05, 4.69) is 27.2 Å². The number of rotatable bonds is 3. The summed E-state index contributed by atoms with van der Waals surface area (Å²) in [5, 5.41) is 7.39. The van der Waals surface area contributed by atoms with Crippen LogP contribution >= 0.6 is 22.7 Å². The third-order valence-electron chi connectivity index (χ3n) is 2.71. The summed E-state index contributed by atoms with van der Waals surface area (Å²) in [6, 6.07) is 2.10. The fourth-order valence-corrected chi connectivity index (χ4v) is 3.37. The van der Waals surface area contributed by atoms with Crippen LogP contribution in [-0.4, -0.2) is 15.0 Å². The summed E-state index contributed by atoms with van der Waals surface area (Å²) in [6.45, 7) is 4.11. The molecule has 0 aliphatic rings. The number of hydrogen-bond acceptors (Lipinski definition) is 7. The van der Waals surface area contributed by atoms with Crippen molar-refractivity contribution < 1.29 is 0 Å². The van der Waals surface area contributed by atoms with Crippen LogP contribution in [0.25, 0.3) is 10.2 Å². The van der Waals surface area contributed by atoms with Gasteiger partial charge in [0.15, 0.2) is 0 Å². The van der Waals surface area contributed by atoms with Crippen molar-refractivity contribution in [2.45, 2.75) is 19.9 Å². The molecule has 7 heteroatoms. The second kappa shape index (κ2) is 4.75. The number of nitrogens with one attached hydrogen (secondary N) is 1. The number of thiazole rings is 1. The number of fused-ring (bicyclic) bond motifs is 1. The Bertz CT molecular complexity index is 718. The number of hydrogen-bond donors (Lipinski definition) is 2. The fourth-order valence-electron chi connectivity index (χ4n) is 1.82. The van der Waals surface area contributed by atoms with Gasteiger partial charge in [0.1, 0.15) is 15.7 Å². The maximum absolute atomic E-state index is 5.73. The Balaban J connectivity index is 1.94. The standard InChI is InChI=1S/C12H13N5S2/c1-6-5-14-10(19-6)7(2)15-9-8-3-4-18-11(8)17-12(13)16-9/h3-5,7H,1-2H3,(H3,13,15,16,17). The van der Waals surface area contributed by atoms with Gasteiger partial charge in [0.2, 0.25) is 5.95 Å². The van der Waals surface area contributed by atoms with Crippen LogP contribution in [0.1, 0.15) is 22.9 Å². The van der Waals surface area contributed by atoms with E-state index in [9.17, 15) is 0 Å². The molecule has 3 heterocycles. The van der Waals surface area contributed by atoms with Crippen molar-refractivity contribution in [3.63, 3.8) is 0 Å². The quantitative estimate of drug-likeness (QED) is 0.775. The van der Waals surface area contributed by atoms with Crippen LogP contribution in [0.3, 0.4) is 0 Å². The average molecular weight is 291 g/mol. The van der Waals surface area contributed by atoms with Crippen LogP contribution in [-0.2, 0) is 0 Å². The van der Waals surface area contributed by atoms with Crippen molar-refractivity contribution in [2.24, 2.45) is 0 Å². The summed E-state index contributed by atoms with van der Waals surface area (Å²) in [4.78, 5) is 15.0. The van der Waals surface area contributed by atoms with Gasteiger partial charge in [0.05, 0.1) is 11.4 Å². The predicted molar refractivity (Wildman–Crippen MR) is 80.7 cm³/mol. The molecule has 0 fully saturated rings. The zero-order valence-electron chi connectivity index (χ0n) is 10.5. The van der Waals surface area contributed by atoms with Crippen molar-refractivity contribution in [3.05, 3.63) is 27.5 Å². The molecule has 0 aromatic carbocycles. The van der Waals surface area contributed by atoms with Crippen LogP contribution in [0.5, 0.6) is 0 Å². The van der Waals surface area contributed by atoms with Gasteiger partial charge in [-0.3, -0.25) is 0 Å². The molecule has 0 radical (unpaired) electrons. The van der Waals surface area contributed by atoms with Crippen molar-refractivity contribution >= 4 is 44.7 Å². The largest absolute Gasteiger partial charge is 0.368 e. The van der Waals surface area contributed by atoms with Crippen molar-refractivity contribution in [1.29, 1.82) is 0 Å². The van der Waals surface area contributed by atoms with Gasteiger partial charge in [-0.25, -0.2) is 9.97 Å². The van der Waals surface area contributed by atoms with Gasteiger partial charge in [0.25, 0.3) is 0 Å². The smallest absolute Gasteiger partial charge is 0.223 e. The zero-order valence-corrected chi connectivity index (χ0v) is 12.2. The Hall–Kier alpha value is -1.73. The molecule has 98 valence electrons. The number of nitrogens with two attached hydrogens (primary N) is 1. The molecule has 5 nitrogen and oxygen atoms in total. The number of anilines is 2. The Labute approximate surface area is 118 Å². The number of aryl methyl sites for hydroxylation is 1. The second-order valence-electron chi connectivity index (χ2n) is 4.25. The lowest BCUT2D eigenvalue weighted by molar-refractivity contribution is 0.863. The van der Waals surface area contributed by atoms with Crippen LogP contribution in [0.4, 0.5) is 11.8 Å². The fraction of sp³-hybridized carbons (Fsp3) is 0.250. The summed E-state index contributed by atoms with van der Waals surface area (Å²) < 4.78 is 0. The van der Waals surface area contributed by atoms with E-state index in [4.69, 9.17) is 5.73 Å². The third kappa shape index (κ3) is 2.39. The minimum absolute atomic E-state index is 0.0936. The summed E-state index contributed by atoms with van der Waals surface area (Å²) in [5.41, 5.74) is 5.73. The molecule has 0 bridgehead atoms. The molecule has 3 rings (SSSR count). The van der Waals surface area contributed by atoms with E-state index in [0.29, 0.717) is 5.95 Å². The molecule has 3 N–H and O–H groups in total. The molecule has 0 aliphatic heterocycles. The van der Waals surface area contributed by atoms with Gasteiger partial charge in [-0.2, -0.15) is 4.98 Å². The van der Waals surface area contributed by atoms with Gasteiger partial charge in [-0.15, -0.1) is 22.7 Å². The molecule has 0 spiro atoms. The lowest BCUT2D eigenvalue weighted by Gasteiger charge is -2.12. The van der Waals surface area contributed by atoms with E-state index in [1.165, 1.54) is 4.88 Å². The highest BCUT2D eigenvalue weighted by Crippen LogP contribution is 2.29. The van der Waals surface area contributed by atoms with Crippen LogP contribution < -0.4 is 11.1 Å². The Kier molecular flexibility index (Phi) is 3.08. The molecule has 3 aromatic heterocycles. The first-order valence-corrected chi connectivity index (χ1v) is 7.52. The molecule has 0 amide bonds. The van der Waals surface area contributed by atoms with Crippen molar-refractivity contribution in [2.75, 3.05) is 11.1 Å². The van der Waals surface area contributed by atoms with E-state index in [1.807, 2.05) is 24.6 Å². The average Bonchev–Trinajstić information content (AvgIpc) is 2.97. The SMILES string of the molecule is Cc1cnc(C(C)Nc2nc(N)nc3sccc23)s1. The molecule has 0 aliphatic carbocycles. The van der Waals surface area contributed by atoms with Gasteiger partial charge in [-0.1, -0.05) is 0 Å². The van der Waals surface area contributed by atoms with Crippen LogP contribution in [0.15, 0.2) is 17.6 Å². The van der Waals surface area contributed by atoms with Gasteiger partial charge < -0.3 is 11.1 Å². The van der Waals surface area contributed by atoms with Gasteiger partial charge in [0, 0.05) is 11.1 Å². The molecule has 1 atom stereocenters. The highest BCUT2D eigenvalue weighted by atomic mass is 32.1. The van der Waals surface area contributed by atoms with E-state index in [0.717, 1.165) is 21.0 Å². The van der Waals surface area contributed by atoms with E-state index < -0.39 is 0 Å². The first-order valence-electron chi connectivity index (χ1n) is 5.83. The summed E-state index contributed by atoms with van der Waals surface area (Å²) in [5.74, 6) is 1.06. The number of aromatic nitrogens is 3. The Morgan fingerprint density at radius 3 is 2.95 bits per heavy atom. The molecule has 1 unspecified atom stereocenters. The third-order valence-corrected chi connectivity index (χ3v) is 4.61. The number of nitrogens with zero attached hydrogens (tertiary/aromatic N) is 3. The minimum Gasteiger partial charge on any atom is -0.368 e. The lowest BCUT2D eigenvalue weighted by Crippen LogP contribution is -2.09. The Morgan fingerprint density at radius 1 is 1.37 bits per heavy atom. The summed E-state index contributed by atoms with van der Waals surface area (Å²) >= 11 is 3.24.